The number of ether oxygens (including phenoxy) is 2. The summed E-state index contributed by atoms with van der Waals surface area (Å²) >= 11 is 0. The van der Waals surface area contributed by atoms with Gasteiger partial charge < -0.3 is 20.1 Å². The van der Waals surface area contributed by atoms with Crippen molar-refractivity contribution in [2.75, 3.05) is 10.6 Å². The maximum atomic E-state index is 12.5. The molecule has 6 nitrogen and oxygen atoms in total. The van der Waals surface area contributed by atoms with E-state index in [2.05, 4.69) is 10.6 Å². The first-order valence-electron chi connectivity index (χ1n) is 10.5. The monoisotopic (exact) mass is 432 g/mol. The number of nitrogens with one attached hydrogen (secondary N) is 2. The second-order valence-electron chi connectivity index (χ2n) is 7.61. The lowest BCUT2D eigenvalue weighted by molar-refractivity contribution is -0.122. The summed E-state index contributed by atoms with van der Waals surface area (Å²) in [6.45, 7) is 7.26. The molecule has 3 aromatic rings. The summed E-state index contributed by atoms with van der Waals surface area (Å²) < 4.78 is 11.5. The number of rotatable bonds is 8. The highest BCUT2D eigenvalue weighted by Crippen LogP contribution is 2.20. The van der Waals surface area contributed by atoms with Crippen LogP contribution in [0.4, 0.5) is 11.4 Å². The highest BCUT2D eigenvalue weighted by atomic mass is 16.5. The predicted octanol–water partition coefficient (Wildman–Crippen LogP) is 5.12. The van der Waals surface area contributed by atoms with Crippen molar-refractivity contribution in [3.63, 3.8) is 0 Å². The van der Waals surface area contributed by atoms with Crippen molar-refractivity contribution in [1.29, 1.82) is 0 Å². The van der Waals surface area contributed by atoms with Gasteiger partial charge in [0.25, 0.3) is 11.8 Å². The summed E-state index contributed by atoms with van der Waals surface area (Å²) in [5, 5.41) is 5.64. The molecule has 2 unspecified atom stereocenters. The van der Waals surface area contributed by atoms with Gasteiger partial charge >= 0.3 is 0 Å². The van der Waals surface area contributed by atoms with E-state index in [-0.39, 0.29) is 11.8 Å². The Morgan fingerprint density at radius 3 is 1.31 bits per heavy atom. The number of aryl methyl sites for hydroxylation is 2. The van der Waals surface area contributed by atoms with Crippen LogP contribution >= 0.6 is 0 Å². The summed E-state index contributed by atoms with van der Waals surface area (Å²) in [7, 11) is 0. The molecule has 0 spiro atoms. The standard InChI is InChI=1S/C26H28N2O4/c1-17-9-5-7-11-23(17)31-19(3)25(29)27-21-13-15-22(16-14-21)28-26(30)20(4)32-24-12-8-6-10-18(24)2/h5-16,19-20H,1-4H3,(H,27,29)(H,28,30). The molecule has 0 bridgehead atoms. The van der Waals surface area contributed by atoms with Crippen LogP contribution in [0.25, 0.3) is 0 Å². The van der Waals surface area contributed by atoms with Gasteiger partial charge in [0.1, 0.15) is 11.5 Å². The van der Waals surface area contributed by atoms with Crippen LogP contribution in [0.15, 0.2) is 72.8 Å². The van der Waals surface area contributed by atoms with Crippen molar-refractivity contribution in [2.45, 2.75) is 39.9 Å². The Labute approximate surface area is 188 Å². The van der Waals surface area contributed by atoms with Crippen LogP contribution < -0.4 is 20.1 Å². The van der Waals surface area contributed by atoms with E-state index >= 15 is 0 Å². The molecular formula is C26H28N2O4. The van der Waals surface area contributed by atoms with Gasteiger partial charge in [-0.1, -0.05) is 36.4 Å². The predicted molar refractivity (Wildman–Crippen MR) is 126 cm³/mol. The molecule has 32 heavy (non-hydrogen) atoms. The fourth-order valence-electron chi connectivity index (χ4n) is 2.99. The van der Waals surface area contributed by atoms with Gasteiger partial charge in [-0.25, -0.2) is 0 Å². The van der Waals surface area contributed by atoms with Gasteiger partial charge in [0.05, 0.1) is 0 Å². The Hall–Kier alpha value is -3.80. The fourth-order valence-corrected chi connectivity index (χ4v) is 2.99. The van der Waals surface area contributed by atoms with Crippen LogP contribution in [0.5, 0.6) is 11.5 Å². The lowest BCUT2D eigenvalue weighted by atomic mass is 10.2. The molecule has 166 valence electrons. The van der Waals surface area contributed by atoms with E-state index in [0.29, 0.717) is 22.9 Å². The number of anilines is 2. The first-order valence-corrected chi connectivity index (χ1v) is 10.5. The van der Waals surface area contributed by atoms with Crippen LogP contribution in [0.1, 0.15) is 25.0 Å². The average Bonchev–Trinajstić information content (AvgIpc) is 2.78. The normalized spacial score (nSPS) is 12.4. The SMILES string of the molecule is Cc1ccccc1OC(C)C(=O)Nc1ccc(NC(=O)C(C)Oc2ccccc2C)cc1. The Kier molecular flexibility index (Phi) is 7.49. The third-order valence-electron chi connectivity index (χ3n) is 4.95. The van der Waals surface area contributed by atoms with E-state index in [1.165, 1.54) is 0 Å². The first-order chi connectivity index (χ1) is 15.3. The summed E-state index contributed by atoms with van der Waals surface area (Å²) in [6, 6.07) is 22.0. The molecule has 0 aliphatic carbocycles. The number of carbonyl (C=O) groups is 2. The molecule has 2 N–H and O–H groups in total. The molecule has 2 atom stereocenters. The van der Waals surface area contributed by atoms with Gasteiger partial charge in [0.15, 0.2) is 12.2 Å². The van der Waals surface area contributed by atoms with Gasteiger partial charge in [-0.05, 0) is 75.2 Å². The number of amides is 2. The molecule has 0 fully saturated rings. The topological polar surface area (TPSA) is 76.7 Å². The van der Waals surface area contributed by atoms with Crippen molar-refractivity contribution < 1.29 is 19.1 Å². The molecule has 0 aliphatic rings. The molecule has 2 amide bonds. The van der Waals surface area contributed by atoms with E-state index < -0.39 is 12.2 Å². The zero-order valence-corrected chi connectivity index (χ0v) is 18.7. The van der Waals surface area contributed by atoms with E-state index in [0.717, 1.165) is 11.1 Å². The van der Waals surface area contributed by atoms with Crippen LogP contribution in [-0.2, 0) is 9.59 Å². The average molecular weight is 433 g/mol. The van der Waals surface area contributed by atoms with Crippen molar-refractivity contribution in [3.8, 4) is 11.5 Å². The molecule has 3 aromatic carbocycles. The minimum absolute atomic E-state index is 0.259. The third-order valence-corrected chi connectivity index (χ3v) is 4.95. The van der Waals surface area contributed by atoms with Crippen LogP contribution in [0.2, 0.25) is 0 Å². The second kappa shape index (κ2) is 10.5. The van der Waals surface area contributed by atoms with Gasteiger partial charge in [-0.3, -0.25) is 9.59 Å². The number of benzene rings is 3. The summed E-state index contributed by atoms with van der Waals surface area (Å²) in [5.41, 5.74) is 3.15. The Balaban J connectivity index is 1.53. The Bertz CT molecular complexity index is 993. The molecule has 0 heterocycles. The first kappa shape index (κ1) is 22.9. The Morgan fingerprint density at radius 2 is 0.969 bits per heavy atom. The summed E-state index contributed by atoms with van der Waals surface area (Å²) in [6.07, 6.45) is -1.31. The molecular weight excluding hydrogens is 404 g/mol. The smallest absolute Gasteiger partial charge is 0.265 e. The molecule has 0 radical (unpaired) electrons. The van der Waals surface area contributed by atoms with Gasteiger partial charge in [-0.15, -0.1) is 0 Å². The number of hydrogen-bond donors (Lipinski definition) is 2. The zero-order chi connectivity index (χ0) is 23.1. The third kappa shape index (κ3) is 6.11. The number of para-hydroxylation sites is 2. The van der Waals surface area contributed by atoms with E-state index in [1.807, 2.05) is 62.4 Å². The second-order valence-corrected chi connectivity index (χ2v) is 7.61. The van der Waals surface area contributed by atoms with Crippen molar-refractivity contribution in [1.82, 2.24) is 0 Å². The van der Waals surface area contributed by atoms with Crippen LogP contribution in [-0.4, -0.2) is 24.0 Å². The van der Waals surface area contributed by atoms with E-state index in [1.54, 1.807) is 38.1 Å². The van der Waals surface area contributed by atoms with Crippen molar-refractivity contribution in [3.05, 3.63) is 83.9 Å². The highest BCUT2D eigenvalue weighted by molar-refractivity contribution is 5.96. The maximum absolute atomic E-state index is 12.5. The minimum Gasteiger partial charge on any atom is -0.481 e. The van der Waals surface area contributed by atoms with E-state index in [9.17, 15) is 9.59 Å². The Morgan fingerprint density at radius 1 is 0.625 bits per heavy atom. The van der Waals surface area contributed by atoms with E-state index in [4.69, 9.17) is 9.47 Å². The van der Waals surface area contributed by atoms with Crippen molar-refractivity contribution in [2.24, 2.45) is 0 Å². The lowest BCUT2D eigenvalue weighted by Crippen LogP contribution is -2.30. The van der Waals surface area contributed by atoms with Gasteiger partial charge in [-0.2, -0.15) is 0 Å². The number of carbonyl (C=O) groups excluding carboxylic acids is 2. The van der Waals surface area contributed by atoms with Gasteiger partial charge in [0.2, 0.25) is 0 Å². The summed E-state index contributed by atoms with van der Waals surface area (Å²) in [4.78, 5) is 24.9. The highest BCUT2D eigenvalue weighted by Gasteiger charge is 2.17. The number of hydrogen-bond acceptors (Lipinski definition) is 4. The van der Waals surface area contributed by atoms with Crippen LogP contribution in [0, 0.1) is 13.8 Å². The lowest BCUT2D eigenvalue weighted by Gasteiger charge is -2.17. The molecule has 0 aromatic heterocycles. The fraction of sp³-hybridized carbons (Fsp3) is 0.231. The molecule has 0 saturated heterocycles. The zero-order valence-electron chi connectivity index (χ0n) is 18.7. The van der Waals surface area contributed by atoms with Crippen LogP contribution in [0.3, 0.4) is 0 Å². The van der Waals surface area contributed by atoms with Crippen molar-refractivity contribution >= 4 is 23.2 Å². The largest absolute Gasteiger partial charge is 0.481 e. The molecule has 0 saturated carbocycles. The minimum atomic E-state index is -0.657. The molecule has 3 rings (SSSR count). The summed E-state index contributed by atoms with van der Waals surface area (Å²) in [5.74, 6) is 0.834. The molecule has 0 aliphatic heterocycles. The van der Waals surface area contributed by atoms with Gasteiger partial charge in [0, 0.05) is 11.4 Å². The molecule has 6 heteroatoms. The maximum Gasteiger partial charge on any atom is 0.265 e. The quantitative estimate of drug-likeness (QED) is 0.518.